The molecule has 6 nitrogen and oxygen atoms in total. The van der Waals surface area contributed by atoms with Crippen molar-refractivity contribution in [3.05, 3.63) is 17.5 Å². The van der Waals surface area contributed by atoms with Crippen LogP contribution in [-0.4, -0.2) is 49.0 Å². The Morgan fingerprint density at radius 3 is 2.62 bits per heavy atom. The van der Waals surface area contributed by atoms with Crippen molar-refractivity contribution in [2.75, 3.05) is 33.4 Å². The Kier molecular flexibility index (Phi) is 6.04. The Morgan fingerprint density at radius 2 is 2.08 bits per heavy atom. The highest BCUT2D eigenvalue weighted by Gasteiger charge is 2.33. The zero-order valence-electron chi connectivity index (χ0n) is 15.7. The van der Waals surface area contributed by atoms with E-state index in [0.717, 1.165) is 38.0 Å². The number of aromatic nitrogens is 2. The van der Waals surface area contributed by atoms with Gasteiger partial charge in [0.1, 0.15) is 0 Å². The van der Waals surface area contributed by atoms with Gasteiger partial charge >= 0.3 is 0 Å². The molecule has 0 aliphatic carbocycles. The normalized spacial score (nSPS) is 17.7. The van der Waals surface area contributed by atoms with E-state index in [2.05, 4.69) is 43.4 Å². The molecule has 2 rings (SSSR count). The molecule has 1 aliphatic rings. The van der Waals surface area contributed by atoms with Gasteiger partial charge in [0.05, 0.1) is 29.6 Å². The van der Waals surface area contributed by atoms with Crippen LogP contribution < -0.4 is 10.6 Å². The van der Waals surface area contributed by atoms with Crippen molar-refractivity contribution in [1.29, 1.82) is 0 Å². The van der Waals surface area contributed by atoms with E-state index in [9.17, 15) is 4.79 Å². The van der Waals surface area contributed by atoms with E-state index >= 15 is 0 Å². The number of ether oxygens (including phenoxy) is 1. The van der Waals surface area contributed by atoms with Gasteiger partial charge in [-0.1, -0.05) is 6.92 Å². The molecule has 136 valence electrons. The van der Waals surface area contributed by atoms with E-state index in [1.54, 1.807) is 13.3 Å². The number of hydrogen-bond donors (Lipinski definition) is 2. The number of methoxy groups -OCH3 is 1. The van der Waals surface area contributed by atoms with Crippen LogP contribution in [0.2, 0.25) is 0 Å². The van der Waals surface area contributed by atoms with Crippen LogP contribution in [0.25, 0.3) is 0 Å². The SMILES string of the molecule is CCc1c(C(=O)NCC2(COC)CCNCC2)cnn1C(C)(C)C. The fourth-order valence-corrected chi connectivity index (χ4v) is 3.48. The third-order valence-corrected chi connectivity index (χ3v) is 4.82. The summed E-state index contributed by atoms with van der Waals surface area (Å²) in [6, 6.07) is 0. The lowest BCUT2D eigenvalue weighted by Gasteiger charge is -2.37. The molecule has 1 fully saturated rings. The summed E-state index contributed by atoms with van der Waals surface area (Å²) in [5.74, 6) is -0.0311. The summed E-state index contributed by atoms with van der Waals surface area (Å²) in [7, 11) is 1.73. The number of amides is 1. The van der Waals surface area contributed by atoms with Gasteiger partial charge in [-0.2, -0.15) is 5.10 Å². The minimum atomic E-state index is -0.129. The molecule has 0 bridgehead atoms. The standard InChI is InChI=1S/C18H32N4O2/c1-6-15-14(11-21-22(15)17(2,3)4)16(23)20-12-18(13-24-5)7-9-19-10-8-18/h11,19H,6-10,12-13H2,1-5H3,(H,20,23). The molecule has 1 saturated heterocycles. The van der Waals surface area contributed by atoms with E-state index in [0.29, 0.717) is 18.7 Å². The fourth-order valence-electron chi connectivity index (χ4n) is 3.48. The van der Waals surface area contributed by atoms with Gasteiger partial charge in [0.25, 0.3) is 5.91 Å². The quantitative estimate of drug-likeness (QED) is 0.833. The van der Waals surface area contributed by atoms with Crippen molar-refractivity contribution in [1.82, 2.24) is 20.4 Å². The van der Waals surface area contributed by atoms with Gasteiger partial charge in [-0.25, -0.2) is 0 Å². The summed E-state index contributed by atoms with van der Waals surface area (Å²) in [4.78, 5) is 12.7. The van der Waals surface area contributed by atoms with Crippen LogP contribution in [0.15, 0.2) is 6.20 Å². The summed E-state index contributed by atoms with van der Waals surface area (Å²) in [6.07, 6.45) is 4.52. The number of piperidine rings is 1. The first-order chi connectivity index (χ1) is 11.3. The van der Waals surface area contributed by atoms with Gasteiger partial charge in [-0.3, -0.25) is 9.48 Å². The molecule has 6 heteroatoms. The van der Waals surface area contributed by atoms with Gasteiger partial charge in [-0.05, 0) is 53.1 Å². The van der Waals surface area contributed by atoms with E-state index < -0.39 is 0 Å². The van der Waals surface area contributed by atoms with Crippen LogP contribution in [-0.2, 0) is 16.7 Å². The first-order valence-corrected chi connectivity index (χ1v) is 8.88. The predicted molar refractivity (Wildman–Crippen MR) is 95.3 cm³/mol. The van der Waals surface area contributed by atoms with Crippen LogP contribution in [0.1, 0.15) is 56.6 Å². The second-order valence-electron chi connectivity index (χ2n) is 7.81. The number of carbonyl (C=O) groups excluding carboxylic acids is 1. The van der Waals surface area contributed by atoms with E-state index in [-0.39, 0.29) is 16.9 Å². The summed E-state index contributed by atoms with van der Waals surface area (Å²) >= 11 is 0. The smallest absolute Gasteiger partial charge is 0.254 e. The first-order valence-electron chi connectivity index (χ1n) is 8.88. The molecule has 1 aromatic rings. The van der Waals surface area contributed by atoms with Gasteiger partial charge < -0.3 is 15.4 Å². The third-order valence-electron chi connectivity index (χ3n) is 4.82. The van der Waals surface area contributed by atoms with E-state index in [1.807, 2.05) is 4.68 Å². The molecule has 0 saturated carbocycles. The molecule has 1 aliphatic heterocycles. The summed E-state index contributed by atoms with van der Waals surface area (Å²) in [6.45, 7) is 11.6. The molecule has 2 heterocycles. The fraction of sp³-hybridized carbons (Fsp3) is 0.778. The third kappa shape index (κ3) is 4.16. The molecular formula is C18H32N4O2. The Bertz CT molecular complexity index is 548. The lowest BCUT2D eigenvalue weighted by Crippen LogP contribution is -2.47. The maximum Gasteiger partial charge on any atom is 0.254 e. The average molecular weight is 336 g/mol. The second kappa shape index (κ2) is 7.66. The average Bonchev–Trinajstić information content (AvgIpc) is 2.98. The van der Waals surface area contributed by atoms with Crippen LogP contribution >= 0.6 is 0 Å². The van der Waals surface area contributed by atoms with Gasteiger partial charge in [-0.15, -0.1) is 0 Å². The zero-order valence-corrected chi connectivity index (χ0v) is 15.7. The highest BCUT2D eigenvalue weighted by molar-refractivity contribution is 5.95. The highest BCUT2D eigenvalue weighted by Crippen LogP contribution is 2.28. The summed E-state index contributed by atoms with van der Waals surface area (Å²) in [5, 5.41) is 11.0. The molecule has 24 heavy (non-hydrogen) atoms. The second-order valence-corrected chi connectivity index (χ2v) is 7.81. The van der Waals surface area contributed by atoms with E-state index in [1.165, 1.54) is 0 Å². The zero-order chi connectivity index (χ0) is 17.8. The topological polar surface area (TPSA) is 68.2 Å². The van der Waals surface area contributed by atoms with Crippen molar-refractivity contribution in [2.45, 2.75) is 52.5 Å². The van der Waals surface area contributed by atoms with Gasteiger partial charge in [0.2, 0.25) is 0 Å². The summed E-state index contributed by atoms with van der Waals surface area (Å²) < 4.78 is 7.38. The molecular weight excluding hydrogens is 304 g/mol. The van der Waals surface area contributed by atoms with Crippen LogP contribution in [0.5, 0.6) is 0 Å². The monoisotopic (exact) mass is 336 g/mol. The molecule has 0 aromatic carbocycles. The van der Waals surface area contributed by atoms with Gasteiger partial charge in [0.15, 0.2) is 0 Å². The van der Waals surface area contributed by atoms with Gasteiger partial charge in [0, 0.05) is 19.1 Å². The van der Waals surface area contributed by atoms with E-state index in [4.69, 9.17) is 4.74 Å². The Balaban J connectivity index is 2.11. The van der Waals surface area contributed by atoms with Crippen molar-refractivity contribution in [2.24, 2.45) is 5.41 Å². The minimum Gasteiger partial charge on any atom is -0.384 e. The predicted octanol–water partition coefficient (Wildman–Crippen LogP) is 1.95. The molecule has 0 unspecified atom stereocenters. The van der Waals surface area contributed by atoms with Crippen molar-refractivity contribution in [3.8, 4) is 0 Å². The highest BCUT2D eigenvalue weighted by atomic mass is 16.5. The first kappa shape index (κ1) is 18.9. The lowest BCUT2D eigenvalue weighted by atomic mass is 9.79. The van der Waals surface area contributed by atoms with Crippen LogP contribution in [0.4, 0.5) is 0 Å². The maximum atomic E-state index is 12.7. The number of carbonyl (C=O) groups is 1. The van der Waals surface area contributed by atoms with Crippen molar-refractivity contribution >= 4 is 5.91 Å². The Morgan fingerprint density at radius 1 is 1.42 bits per heavy atom. The molecule has 0 radical (unpaired) electrons. The Hall–Kier alpha value is -1.40. The minimum absolute atomic E-state index is 0.0298. The van der Waals surface area contributed by atoms with Crippen molar-refractivity contribution < 1.29 is 9.53 Å². The number of nitrogens with zero attached hydrogens (tertiary/aromatic N) is 2. The lowest BCUT2D eigenvalue weighted by molar-refractivity contribution is 0.0511. The number of hydrogen-bond acceptors (Lipinski definition) is 4. The summed E-state index contributed by atoms with van der Waals surface area (Å²) in [5.41, 5.74) is 1.58. The molecule has 0 spiro atoms. The van der Waals surface area contributed by atoms with Crippen LogP contribution in [0, 0.1) is 5.41 Å². The molecule has 1 amide bonds. The maximum absolute atomic E-state index is 12.7. The Labute approximate surface area is 145 Å². The van der Waals surface area contributed by atoms with Crippen molar-refractivity contribution in [3.63, 3.8) is 0 Å². The molecule has 0 atom stereocenters. The molecule has 2 N–H and O–H groups in total. The number of nitrogens with one attached hydrogen (secondary N) is 2. The number of rotatable bonds is 6. The van der Waals surface area contributed by atoms with Crippen LogP contribution in [0.3, 0.4) is 0 Å². The largest absolute Gasteiger partial charge is 0.384 e. The molecule has 1 aromatic heterocycles.